The lowest BCUT2D eigenvalue weighted by Gasteiger charge is -2.26. The molecule has 1 atom stereocenters. The van der Waals surface area contributed by atoms with Gasteiger partial charge in [-0.25, -0.2) is 0 Å². The zero-order valence-electron chi connectivity index (χ0n) is 10.9. The first-order chi connectivity index (χ1) is 8.54. The van der Waals surface area contributed by atoms with E-state index in [4.69, 9.17) is 11.6 Å². The second-order valence-electron chi connectivity index (χ2n) is 5.72. The first kappa shape index (κ1) is 13.4. The molecule has 2 nitrogen and oxygen atoms in total. The van der Waals surface area contributed by atoms with Crippen molar-refractivity contribution in [3.8, 4) is 0 Å². The van der Waals surface area contributed by atoms with Gasteiger partial charge in [0.25, 0.3) is 0 Å². The minimum atomic E-state index is -0.510. The molecule has 0 aliphatic heterocycles. The van der Waals surface area contributed by atoms with Crippen molar-refractivity contribution in [3.63, 3.8) is 0 Å². The van der Waals surface area contributed by atoms with Crippen LogP contribution in [0.3, 0.4) is 0 Å². The minimum absolute atomic E-state index is 0.0400. The van der Waals surface area contributed by atoms with Gasteiger partial charge in [-0.15, -0.1) is 11.6 Å². The van der Waals surface area contributed by atoms with Crippen molar-refractivity contribution in [1.82, 2.24) is 5.32 Å². The predicted molar refractivity (Wildman–Crippen MR) is 74.6 cm³/mol. The molecule has 1 aromatic carbocycles. The molecule has 0 radical (unpaired) electrons. The third kappa shape index (κ3) is 3.05. The highest BCUT2D eigenvalue weighted by Crippen LogP contribution is 2.41. The zero-order valence-corrected chi connectivity index (χ0v) is 11.7. The van der Waals surface area contributed by atoms with E-state index >= 15 is 0 Å². The highest BCUT2D eigenvalue weighted by atomic mass is 35.5. The summed E-state index contributed by atoms with van der Waals surface area (Å²) in [6.07, 6.45) is 2.39. The average molecular weight is 266 g/mol. The van der Waals surface area contributed by atoms with Gasteiger partial charge in [0.1, 0.15) is 0 Å². The van der Waals surface area contributed by atoms with Crippen molar-refractivity contribution in [1.29, 1.82) is 0 Å². The lowest BCUT2D eigenvalue weighted by Crippen LogP contribution is -2.40. The third-order valence-electron chi connectivity index (χ3n) is 3.49. The van der Waals surface area contributed by atoms with E-state index in [9.17, 15) is 4.79 Å². The molecule has 1 aliphatic rings. The van der Waals surface area contributed by atoms with Crippen LogP contribution in [-0.2, 0) is 4.79 Å². The number of carbonyl (C=O) groups is 1. The molecule has 0 bridgehead atoms. The van der Waals surface area contributed by atoms with Crippen LogP contribution in [0, 0.1) is 11.3 Å². The van der Waals surface area contributed by atoms with E-state index in [1.54, 1.807) is 0 Å². The Morgan fingerprint density at radius 2 is 2.00 bits per heavy atom. The van der Waals surface area contributed by atoms with Crippen molar-refractivity contribution in [3.05, 3.63) is 35.9 Å². The van der Waals surface area contributed by atoms with Crippen molar-refractivity contribution in [2.45, 2.75) is 32.7 Å². The van der Waals surface area contributed by atoms with Gasteiger partial charge in [0.05, 0.1) is 11.5 Å². The summed E-state index contributed by atoms with van der Waals surface area (Å²) in [4.78, 5) is 12.2. The summed E-state index contributed by atoms with van der Waals surface area (Å²) >= 11 is 5.85. The Labute approximate surface area is 114 Å². The van der Waals surface area contributed by atoms with Crippen LogP contribution in [-0.4, -0.2) is 11.8 Å². The van der Waals surface area contributed by atoms with E-state index in [0.29, 0.717) is 11.8 Å². The molecular formula is C15H20ClNO. The maximum absolute atomic E-state index is 12.2. The smallest absolute Gasteiger partial charge is 0.227 e. The topological polar surface area (TPSA) is 29.1 Å². The zero-order chi connectivity index (χ0) is 13.2. The molecule has 2 rings (SSSR count). The van der Waals surface area contributed by atoms with E-state index in [2.05, 4.69) is 17.4 Å². The van der Waals surface area contributed by atoms with Crippen LogP contribution in [0.1, 0.15) is 38.3 Å². The van der Waals surface area contributed by atoms with Gasteiger partial charge in [-0.2, -0.15) is 0 Å². The molecule has 98 valence electrons. The SMILES string of the molecule is CC(C)(CCl)C(=O)NC(c1ccccc1)C1CC1. The summed E-state index contributed by atoms with van der Waals surface area (Å²) in [5.41, 5.74) is 0.683. The molecule has 0 spiro atoms. The largest absolute Gasteiger partial charge is 0.349 e. The lowest BCUT2D eigenvalue weighted by atomic mass is 9.93. The lowest BCUT2D eigenvalue weighted by molar-refractivity contribution is -0.129. The highest BCUT2D eigenvalue weighted by molar-refractivity contribution is 6.19. The Morgan fingerprint density at radius 3 is 2.50 bits per heavy atom. The van der Waals surface area contributed by atoms with Gasteiger partial charge < -0.3 is 5.32 Å². The van der Waals surface area contributed by atoms with Crippen LogP contribution in [0.2, 0.25) is 0 Å². The van der Waals surface area contributed by atoms with Crippen LogP contribution >= 0.6 is 11.6 Å². The van der Waals surface area contributed by atoms with E-state index in [0.717, 1.165) is 0 Å². The molecule has 0 heterocycles. The van der Waals surface area contributed by atoms with Gasteiger partial charge in [0, 0.05) is 5.88 Å². The maximum atomic E-state index is 12.2. The highest BCUT2D eigenvalue weighted by Gasteiger charge is 2.36. The predicted octanol–water partition coefficient (Wildman–Crippen LogP) is 3.52. The molecule has 3 heteroatoms. The normalized spacial score (nSPS) is 17.3. The Hall–Kier alpha value is -1.02. The molecule has 1 saturated carbocycles. The van der Waals surface area contributed by atoms with E-state index in [1.165, 1.54) is 18.4 Å². The maximum Gasteiger partial charge on any atom is 0.227 e. The fourth-order valence-corrected chi connectivity index (χ4v) is 2.08. The number of benzene rings is 1. The number of carbonyl (C=O) groups excluding carboxylic acids is 1. The van der Waals surface area contributed by atoms with Crippen molar-refractivity contribution < 1.29 is 4.79 Å². The molecule has 18 heavy (non-hydrogen) atoms. The van der Waals surface area contributed by atoms with Gasteiger partial charge in [-0.1, -0.05) is 30.3 Å². The molecular weight excluding hydrogens is 246 g/mol. The second-order valence-corrected chi connectivity index (χ2v) is 5.98. The number of hydrogen-bond acceptors (Lipinski definition) is 1. The van der Waals surface area contributed by atoms with Crippen molar-refractivity contribution in [2.24, 2.45) is 11.3 Å². The number of rotatable bonds is 5. The van der Waals surface area contributed by atoms with Crippen molar-refractivity contribution >= 4 is 17.5 Å². The van der Waals surface area contributed by atoms with E-state index in [1.807, 2.05) is 32.0 Å². The standard InChI is InChI=1S/C15H20ClNO/c1-15(2,10-16)14(18)17-13(12-8-9-12)11-6-4-3-5-7-11/h3-7,12-13H,8-10H2,1-2H3,(H,17,18). The molecule has 0 aromatic heterocycles. The van der Waals surface area contributed by atoms with Crippen LogP contribution in [0.15, 0.2) is 30.3 Å². The fraction of sp³-hybridized carbons (Fsp3) is 0.533. The van der Waals surface area contributed by atoms with Gasteiger partial charge in [0.2, 0.25) is 5.91 Å². The van der Waals surface area contributed by atoms with Gasteiger partial charge in [-0.05, 0) is 38.2 Å². The van der Waals surface area contributed by atoms with E-state index < -0.39 is 5.41 Å². The second kappa shape index (κ2) is 5.31. The first-order valence-electron chi connectivity index (χ1n) is 6.46. The van der Waals surface area contributed by atoms with E-state index in [-0.39, 0.29) is 11.9 Å². The Morgan fingerprint density at radius 1 is 1.39 bits per heavy atom. The summed E-state index contributed by atoms with van der Waals surface area (Å²) in [5, 5.41) is 3.16. The molecule has 1 aromatic rings. The number of amides is 1. The molecule has 1 amide bonds. The summed E-state index contributed by atoms with van der Waals surface area (Å²) in [5.74, 6) is 0.964. The van der Waals surface area contributed by atoms with Crippen LogP contribution in [0.4, 0.5) is 0 Å². The molecule has 1 fully saturated rings. The molecule has 1 aliphatic carbocycles. The third-order valence-corrected chi connectivity index (χ3v) is 4.16. The van der Waals surface area contributed by atoms with Crippen molar-refractivity contribution in [2.75, 3.05) is 5.88 Å². The molecule has 1 unspecified atom stereocenters. The number of hydrogen-bond donors (Lipinski definition) is 1. The van der Waals surface area contributed by atoms with Gasteiger partial charge in [0.15, 0.2) is 0 Å². The van der Waals surface area contributed by atoms with Gasteiger partial charge >= 0.3 is 0 Å². The summed E-state index contributed by atoms with van der Waals surface area (Å²) in [6, 6.07) is 10.3. The first-order valence-corrected chi connectivity index (χ1v) is 7.00. The Bertz CT molecular complexity index is 412. The number of nitrogens with one attached hydrogen (secondary N) is 1. The summed E-state index contributed by atoms with van der Waals surface area (Å²) in [6.45, 7) is 3.76. The van der Waals surface area contributed by atoms with Crippen LogP contribution < -0.4 is 5.32 Å². The average Bonchev–Trinajstić information content (AvgIpc) is 3.21. The van der Waals surface area contributed by atoms with Crippen LogP contribution in [0.5, 0.6) is 0 Å². The molecule has 1 N–H and O–H groups in total. The monoisotopic (exact) mass is 265 g/mol. The van der Waals surface area contributed by atoms with Crippen LogP contribution in [0.25, 0.3) is 0 Å². The van der Waals surface area contributed by atoms with Gasteiger partial charge in [-0.3, -0.25) is 4.79 Å². The Kier molecular flexibility index (Phi) is 3.96. The summed E-state index contributed by atoms with van der Waals surface area (Å²) < 4.78 is 0. The Balaban J connectivity index is 2.11. The fourth-order valence-electron chi connectivity index (χ4n) is 1.96. The summed E-state index contributed by atoms with van der Waals surface area (Å²) in [7, 11) is 0. The number of alkyl halides is 1. The molecule has 0 saturated heterocycles. The minimum Gasteiger partial charge on any atom is -0.349 e. The quantitative estimate of drug-likeness (QED) is 0.811. The number of halogens is 1.